The topological polar surface area (TPSA) is 96.9 Å². The Morgan fingerprint density at radius 2 is 2.20 bits per heavy atom. The Morgan fingerprint density at radius 1 is 1.55 bits per heavy atom. The van der Waals surface area contributed by atoms with Crippen LogP contribution in [0.15, 0.2) is 23.4 Å². The maximum Gasteiger partial charge on any atom is 0.227 e. The molecule has 1 rings (SSSR count). The van der Waals surface area contributed by atoms with Crippen molar-refractivity contribution >= 4 is 17.4 Å². The molecule has 6 nitrogen and oxygen atoms in total. The average Bonchev–Trinajstić information content (AvgIpc) is 2.39. The van der Waals surface area contributed by atoms with Crippen molar-refractivity contribution < 1.29 is 19.1 Å². The minimum absolute atomic E-state index is 0.0868. The number of anilines is 1. The number of nitrogens with one attached hydrogen (secondary N) is 1. The Kier molecular flexibility index (Phi) is 5.04. The van der Waals surface area contributed by atoms with Gasteiger partial charge >= 0.3 is 0 Å². The number of oxime groups is 1. The van der Waals surface area contributed by atoms with Crippen LogP contribution in [0, 0.1) is 5.82 Å². The molecule has 1 aromatic carbocycles. The quantitative estimate of drug-likeness (QED) is 0.331. The molecule has 4 N–H and O–H groups in total. The van der Waals surface area contributed by atoms with Gasteiger partial charge in [-0.15, -0.1) is 0 Å². The maximum absolute atomic E-state index is 13.5. The van der Waals surface area contributed by atoms with Crippen molar-refractivity contribution in [3.05, 3.63) is 29.6 Å². The molecule has 0 aliphatic heterocycles. The summed E-state index contributed by atoms with van der Waals surface area (Å²) in [6, 6.07) is 3.81. The summed E-state index contributed by atoms with van der Waals surface area (Å²) >= 11 is 0. The molecule has 0 unspecified atom stereocenters. The number of nitrogens with two attached hydrogens (primary N) is 1. The number of ether oxygens (including phenoxy) is 1. The second kappa shape index (κ2) is 6.33. The molecule has 7 heteroatoms. The highest BCUT2D eigenvalue weighted by molar-refractivity contribution is 5.99. The number of nitrogens with zero attached hydrogens (tertiary/aromatic N) is 1. The van der Waals surface area contributed by atoms with Crippen molar-refractivity contribution in [2.24, 2.45) is 10.9 Å². The van der Waals surface area contributed by atoms with Crippen molar-refractivity contribution in [2.75, 3.05) is 12.4 Å². The van der Waals surface area contributed by atoms with Gasteiger partial charge in [0, 0.05) is 12.8 Å². The summed E-state index contributed by atoms with van der Waals surface area (Å²) in [5.74, 6) is -1.29. The van der Waals surface area contributed by atoms with Gasteiger partial charge in [0.1, 0.15) is 5.82 Å². The van der Waals surface area contributed by atoms with E-state index in [1.54, 1.807) is 13.8 Å². The number of halogens is 1. The molecule has 0 atom stereocenters. The van der Waals surface area contributed by atoms with E-state index in [2.05, 4.69) is 10.5 Å². The van der Waals surface area contributed by atoms with Crippen LogP contribution in [-0.2, 0) is 9.53 Å². The van der Waals surface area contributed by atoms with Crippen molar-refractivity contribution in [3.63, 3.8) is 0 Å². The Bertz CT molecular complexity index is 530. The zero-order valence-corrected chi connectivity index (χ0v) is 11.6. The van der Waals surface area contributed by atoms with Crippen LogP contribution in [0.3, 0.4) is 0 Å². The predicted octanol–water partition coefficient (Wildman–Crippen LogP) is 1.67. The van der Waals surface area contributed by atoms with E-state index in [0.717, 1.165) is 6.07 Å². The zero-order chi connectivity index (χ0) is 15.3. The third-order valence-electron chi connectivity index (χ3n) is 2.77. The number of amides is 1. The summed E-state index contributed by atoms with van der Waals surface area (Å²) in [6.45, 7) is 3.55. The SMILES string of the molecule is COC(C)(C)CC(=O)Nc1ccc(F)c(/C(N)=N/O)c1. The third kappa shape index (κ3) is 4.20. The van der Waals surface area contributed by atoms with E-state index in [9.17, 15) is 9.18 Å². The standard InChI is InChI=1S/C13H18FN3O3/c1-13(2,20-3)7-11(18)16-8-4-5-10(14)9(6-8)12(15)17-19/h4-6,19H,7H2,1-3H3,(H2,15,17)(H,16,18). The molecule has 0 saturated carbocycles. The molecule has 0 heterocycles. The zero-order valence-electron chi connectivity index (χ0n) is 11.6. The summed E-state index contributed by atoms with van der Waals surface area (Å²) in [6.07, 6.45) is 0.139. The Balaban J connectivity index is 2.86. The monoisotopic (exact) mass is 283 g/mol. The molecular formula is C13H18FN3O3. The molecule has 0 bridgehead atoms. The molecule has 0 fully saturated rings. The maximum atomic E-state index is 13.5. The molecule has 0 radical (unpaired) electrons. The summed E-state index contributed by atoms with van der Waals surface area (Å²) < 4.78 is 18.6. The molecule has 0 aliphatic rings. The summed E-state index contributed by atoms with van der Waals surface area (Å²) in [7, 11) is 1.52. The van der Waals surface area contributed by atoms with Crippen LogP contribution >= 0.6 is 0 Å². The number of carbonyl (C=O) groups excluding carboxylic acids is 1. The van der Waals surface area contributed by atoms with Crippen molar-refractivity contribution in [3.8, 4) is 0 Å². The van der Waals surface area contributed by atoms with Crippen LogP contribution in [0.4, 0.5) is 10.1 Å². The second-order valence-corrected chi connectivity index (χ2v) is 4.87. The van der Waals surface area contributed by atoms with Crippen LogP contribution in [0.1, 0.15) is 25.8 Å². The molecule has 0 spiro atoms. The first-order valence-corrected chi connectivity index (χ1v) is 5.91. The Hall–Kier alpha value is -2.15. The van der Waals surface area contributed by atoms with Crippen LogP contribution < -0.4 is 11.1 Å². The lowest BCUT2D eigenvalue weighted by Gasteiger charge is -2.22. The minimum Gasteiger partial charge on any atom is -0.409 e. The molecule has 110 valence electrons. The highest BCUT2D eigenvalue weighted by Gasteiger charge is 2.21. The number of rotatable bonds is 5. The van der Waals surface area contributed by atoms with E-state index in [1.165, 1.54) is 19.2 Å². The molecule has 1 aromatic rings. The van der Waals surface area contributed by atoms with Crippen LogP contribution in [0.5, 0.6) is 0 Å². The van der Waals surface area contributed by atoms with E-state index in [-0.39, 0.29) is 23.7 Å². The summed E-state index contributed by atoms with van der Waals surface area (Å²) in [5, 5.41) is 13.9. The van der Waals surface area contributed by atoms with Gasteiger partial charge in [-0.25, -0.2) is 4.39 Å². The predicted molar refractivity (Wildman–Crippen MR) is 73.2 cm³/mol. The number of amidine groups is 1. The first-order chi connectivity index (χ1) is 9.29. The van der Waals surface area contributed by atoms with Gasteiger partial charge in [0.15, 0.2) is 5.84 Å². The first kappa shape index (κ1) is 15.9. The fourth-order valence-corrected chi connectivity index (χ4v) is 1.52. The minimum atomic E-state index is -0.643. The summed E-state index contributed by atoms with van der Waals surface area (Å²) in [4.78, 5) is 11.8. The van der Waals surface area contributed by atoms with E-state index in [0.29, 0.717) is 5.69 Å². The number of hydrogen-bond acceptors (Lipinski definition) is 4. The molecule has 1 amide bonds. The molecular weight excluding hydrogens is 265 g/mol. The summed E-state index contributed by atoms with van der Waals surface area (Å²) in [5.41, 5.74) is 5.01. The molecule has 0 aromatic heterocycles. The van der Waals surface area contributed by atoms with Gasteiger partial charge in [-0.05, 0) is 32.0 Å². The van der Waals surface area contributed by atoms with E-state index >= 15 is 0 Å². The Labute approximate surface area is 116 Å². The number of hydrogen-bond donors (Lipinski definition) is 3. The first-order valence-electron chi connectivity index (χ1n) is 5.91. The van der Waals surface area contributed by atoms with E-state index in [1.807, 2.05) is 0 Å². The molecule has 0 saturated heterocycles. The number of benzene rings is 1. The van der Waals surface area contributed by atoms with Crippen molar-refractivity contribution in [1.29, 1.82) is 0 Å². The smallest absolute Gasteiger partial charge is 0.227 e. The van der Waals surface area contributed by atoms with Crippen molar-refractivity contribution in [1.82, 2.24) is 0 Å². The lowest BCUT2D eigenvalue weighted by molar-refractivity contribution is -0.121. The second-order valence-electron chi connectivity index (χ2n) is 4.87. The lowest BCUT2D eigenvalue weighted by Crippen LogP contribution is -2.29. The number of methoxy groups -OCH3 is 1. The van der Waals surface area contributed by atoms with Gasteiger partial charge in [0.05, 0.1) is 17.6 Å². The largest absolute Gasteiger partial charge is 0.409 e. The van der Waals surface area contributed by atoms with Gasteiger partial charge in [-0.3, -0.25) is 4.79 Å². The van der Waals surface area contributed by atoms with E-state index < -0.39 is 11.4 Å². The van der Waals surface area contributed by atoms with E-state index in [4.69, 9.17) is 15.7 Å². The van der Waals surface area contributed by atoms with Gasteiger partial charge in [0.25, 0.3) is 0 Å². The fraction of sp³-hybridized carbons (Fsp3) is 0.385. The highest BCUT2D eigenvalue weighted by atomic mass is 19.1. The normalized spacial score (nSPS) is 12.3. The molecule has 0 aliphatic carbocycles. The van der Waals surface area contributed by atoms with Gasteiger partial charge in [0.2, 0.25) is 5.91 Å². The third-order valence-corrected chi connectivity index (χ3v) is 2.77. The Morgan fingerprint density at radius 3 is 2.75 bits per heavy atom. The lowest BCUT2D eigenvalue weighted by atomic mass is 10.0. The van der Waals surface area contributed by atoms with Gasteiger partial charge in [-0.1, -0.05) is 5.16 Å². The number of carbonyl (C=O) groups is 1. The molecule has 20 heavy (non-hydrogen) atoms. The average molecular weight is 283 g/mol. The van der Waals surface area contributed by atoms with Crippen LogP contribution in [0.2, 0.25) is 0 Å². The van der Waals surface area contributed by atoms with Gasteiger partial charge < -0.3 is 21.0 Å². The van der Waals surface area contributed by atoms with Crippen molar-refractivity contribution in [2.45, 2.75) is 25.9 Å². The highest BCUT2D eigenvalue weighted by Crippen LogP contribution is 2.17. The van der Waals surface area contributed by atoms with Crippen LogP contribution in [-0.4, -0.2) is 29.7 Å². The van der Waals surface area contributed by atoms with Gasteiger partial charge in [-0.2, -0.15) is 0 Å². The van der Waals surface area contributed by atoms with Crippen LogP contribution in [0.25, 0.3) is 0 Å². The fourth-order valence-electron chi connectivity index (χ4n) is 1.52.